The van der Waals surface area contributed by atoms with Gasteiger partial charge < -0.3 is 19.7 Å². The zero-order chi connectivity index (χ0) is 21.8. The standard InChI is InChI=1S/C22H23ClN4O3S/c1-29-17-12-18(30-2)16(11-15(17)23)25-22-26-21(14-5-7-24-8-6-14)19(31-22)13-20(28)27-9-3-4-10-27/h5-8,11-12H,3-4,9-10,13H2,1-2H3,(H,25,26). The van der Waals surface area contributed by atoms with E-state index in [9.17, 15) is 4.79 Å². The van der Waals surface area contributed by atoms with Crippen LogP contribution >= 0.6 is 22.9 Å². The number of nitrogens with one attached hydrogen (secondary N) is 1. The molecule has 9 heteroatoms. The Morgan fingerprint density at radius 1 is 1.16 bits per heavy atom. The van der Waals surface area contributed by atoms with Crippen molar-refractivity contribution >= 4 is 39.7 Å². The van der Waals surface area contributed by atoms with Gasteiger partial charge in [-0.05, 0) is 31.0 Å². The summed E-state index contributed by atoms with van der Waals surface area (Å²) in [5.41, 5.74) is 2.37. The fourth-order valence-corrected chi connectivity index (χ4v) is 4.78. The summed E-state index contributed by atoms with van der Waals surface area (Å²) in [6.45, 7) is 1.66. The van der Waals surface area contributed by atoms with Gasteiger partial charge in [0.15, 0.2) is 5.13 Å². The average molecular weight is 459 g/mol. The summed E-state index contributed by atoms with van der Waals surface area (Å²) in [6.07, 6.45) is 5.89. The van der Waals surface area contributed by atoms with E-state index in [4.69, 9.17) is 26.1 Å². The molecule has 1 amide bonds. The van der Waals surface area contributed by atoms with E-state index in [0.29, 0.717) is 33.8 Å². The number of pyridine rings is 1. The van der Waals surface area contributed by atoms with Crippen LogP contribution in [0.2, 0.25) is 5.02 Å². The van der Waals surface area contributed by atoms with E-state index in [1.807, 2.05) is 17.0 Å². The number of carbonyl (C=O) groups excluding carboxylic acids is 1. The van der Waals surface area contributed by atoms with Crippen molar-refractivity contribution < 1.29 is 14.3 Å². The SMILES string of the molecule is COc1cc(OC)c(Nc2nc(-c3ccncc3)c(CC(=O)N3CCCC3)s2)cc1Cl. The monoisotopic (exact) mass is 458 g/mol. The van der Waals surface area contributed by atoms with Crippen LogP contribution in [0.25, 0.3) is 11.3 Å². The highest BCUT2D eigenvalue weighted by molar-refractivity contribution is 7.16. The highest BCUT2D eigenvalue weighted by Gasteiger charge is 2.22. The Kier molecular flexibility index (Phi) is 6.58. The lowest BCUT2D eigenvalue weighted by Gasteiger charge is -2.14. The summed E-state index contributed by atoms with van der Waals surface area (Å²) >= 11 is 7.76. The zero-order valence-electron chi connectivity index (χ0n) is 17.4. The smallest absolute Gasteiger partial charge is 0.227 e. The van der Waals surface area contributed by atoms with Crippen LogP contribution in [0.15, 0.2) is 36.7 Å². The van der Waals surface area contributed by atoms with Crippen LogP contribution in [-0.4, -0.2) is 48.1 Å². The van der Waals surface area contributed by atoms with E-state index in [1.165, 1.54) is 11.3 Å². The number of halogens is 1. The topological polar surface area (TPSA) is 76.6 Å². The number of rotatable bonds is 7. The van der Waals surface area contributed by atoms with Crippen molar-refractivity contribution in [2.24, 2.45) is 0 Å². The lowest BCUT2D eigenvalue weighted by Crippen LogP contribution is -2.28. The van der Waals surface area contributed by atoms with Crippen molar-refractivity contribution in [2.75, 3.05) is 32.6 Å². The molecule has 1 fully saturated rings. The molecule has 1 aliphatic heterocycles. The number of carbonyl (C=O) groups is 1. The van der Waals surface area contributed by atoms with Crippen molar-refractivity contribution in [3.05, 3.63) is 46.6 Å². The molecule has 7 nitrogen and oxygen atoms in total. The molecule has 0 atom stereocenters. The number of amides is 1. The third-order valence-electron chi connectivity index (χ3n) is 5.14. The van der Waals surface area contributed by atoms with Crippen LogP contribution in [0.5, 0.6) is 11.5 Å². The van der Waals surface area contributed by atoms with Crippen molar-refractivity contribution in [1.82, 2.24) is 14.9 Å². The lowest BCUT2D eigenvalue weighted by atomic mass is 10.1. The number of hydrogen-bond acceptors (Lipinski definition) is 7. The second-order valence-electron chi connectivity index (χ2n) is 7.10. The highest BCUT2D eigenvalue weighted by atomic mass is 35.5. The lowest BCUT2D eigenvalue weighted by molar-refractivity contribution is -0.129. The molecule has 4 rings (SSSR count). The zero-order valence-corrected chi connectivity index (χ0v) is 18.9. The predicted octanol–water partition coefficient (Wildman–Crippen LogP) is 4.78. The summed E-state index contributed by atoms with van der Waals surface area (Å²) in [4.78, 5) is 24.5. The predicted molar refractivity (Wildman–Crippen MR) is 123 cm³/mol. The van der Waals surface area contributed by atoms with Crippen LogP contribution in [0.1, 0.15) is 17.7 Å². The first-order valence-electron chi connectivity index (χ1n) is 9.95. The second-order valence-corrected chi connectivity index (χ2v) is 8.59. The van der Waals surface area contributed by atoms with Crippen LogP contribution in [0, 0.1) is 0 Å². The van der Waals surface area contributed by atoms with Gasteiger partial charge in [-0.2, -0.15) is 0 Å². The Morgan fingerprint density at radius 2 is 1.87 bits per heavy atom. The molecule has 3 aromatic rings. The summed E-state index contributed by atoms with van der Waals surface area (Å²) < 4.78 is 10.7. The van der Waals surface area contributed by atoms with Crippen molar-refractivity contribution in [2.45, 2.75) is 19.3 Å². The normalized spacial score (nSPS) is 13.3. The Balaban J connectivity index is 1.67. The molecule has 0 unspecified atom stereocenters. The Labute approximate surface area is 190 Å². The van der Waals surface area contributed by atoms with Crippen LogP contribution in [-0.2, 0) is 11.2 Å². The molecule has 162 valence electrons. The quantitative estimate of drug-likeness (QED) is 0.548. The van der Waals surface area contributed by atoms with Gasteiger partial charge in [-0.3, -0.25) is 9.78 Å². The summed E-state index contributed by atoms with van der Waals surface area (Å²) in [5, 5.41) is 4.40. The van der Waals surface area contributed by atoms with E-state index >= 15 is 0 Å². The molecule has 0 bridgehead atoms. The van der Waals surface area contributed by atoms with E-state index in [1.54, 1.807) is 38.7 Å². The molecule has 0 spiro atoms. The van der Waals surface area contributed by atoms with Crippen molar-refractivity contribution in [3.63, 3.8) is 0 Å². The first-order chi connectivity index (χ1) is 15.1. The first-order valence-corrected chi connectivity index (χ1v) is 11.1. The maximum absolute atomic E-state index is 12.8. The van der Waals surface area contributed by atoms with E-state index in [0.717, 1.165) is 42.1 Å². The van der Waals surface area contributed by atoms with Gasteiger partial charge in [0.25, 0.3) is 0 Å². The molecule has 0 saturated carbocycles. The number of anilines is 2. The van der Waals surface area contributed by atoms with E-state index in [2.05, 4.69) is 10.3 Å². The third-order valence-corrected chi connectivity index (χ3v) is 6.40. The molecule has 0 aliphatic carbocycles. The molecular formula is C22H23ClN4O3S. The molecule has 31 heavy (non-hydrogen) atoms. The Morgan fingerprint density at radius 3 is 2.55 bits per heavy atom. The molecule has 2 aromatic heterocycles. The number of hydrogen-bond donors (Lipinski definition) is 1. The van der Waals surface area contributed by atoms with Gasteiger partial charge in [-0.1, -0.05) is 11.6 Å². The average Bonchev–Trinajstić information content (AvgIpc) is 3.45. The minimum absolute atomic E-state index is 0.132. The molecule has 1 N–H and O–H groups in total. The fraction of sp³-hybridized carbons (Fsp3) is 0.318. The van der Waals surface area contributed by atoms with Gasteiger partial charge in [0, 0.05) is 42.0 Å². The van der Waals surface area contributed by atoms with E-state index < -0.39 is 0 Å². The van der Waals surface area contributed by atoms with Crippen molar-refractivity contribution in [1.29, 1.82) is 0 Å². The maximum atomic E-state index is 12.8. The van der Waals surface area contributed by atoms with Gasteiger partial charge in [0.2, 0.25) is 5.91 Å². The minimum atomic E-state index is 0.132. The summed E-state index contributed by atoms with van der Waals surface area (Å²) in [7, 11) is 3.14. The first kappa shape index (κ1) is 21.4. The van der Waals surface area contributed by atoms with Gasteiger partial charge in [-0.25, -0.2) is 4.98 Å². The fourth-order valence-electron chi connectivity index (χ4n) is 3.55. The highest BCUT2D eigenvalue weighted by Crippen LogP contribution is 2.39. The van der Waals surface area contributed by atoms with Gasteiger partial charge in [0.1, 0.15) is 11.5 Å². The number of benzene rings is 1. The number of thiazole rings is 1. The maximum Gasteiger partial charge on any atom is 0.227 e. The largest absolute Gasteiger partial charge is 0.495 e. The Hall–Kier alpha value is -2.84. The number of methoxy groups -OCH3 is 2. The van der Waals surface area contributed by atoms with Crippen LogP contribution < -0.4 is 14.8 Å². The number of likely N-dealkylation sites (tertiary alicyclic amines) is 1. The second kappa shape index (κ2) is 9.53. The summed E-state index contributed by atoms with van der Waals surface area (Å²) in [6, 6.07) is 7.25. The number of ether oxygens (including phenoxy) is 2. The third kappa shape index (κ3) is 4.75. The van der Waals surface area contributed by atoms with Crippen molar-refractivity contribution in [3.8, 4) is 22.8 Å². The number of aromatic nitrogens is 2. The molecule has 3 heterocycles. The van der Waals surface area contributed by atoms with Gasteiger partial charge >= 0.3 is 0 Å². The van der Waals surface area contributed by atoms with E-state index in [-0.39, 0.29) is 5.91 Å². The molecule has 0 radical (unpaired) electrons. The molecular weight excluding hydrogens is 436 g/mol. The molecule has 1 aromatic carbocycles. The van der Waals surface area contributed by atoms with Gasteiger partial charge in [0.05, 0.1) is 37.0 Å². The Bertz CT molecular complexity index is 1070. The number of nitrogens with zero attached hydrogens (tertiary/aromatic N) is 3. The van der Waals surface area contributed by atoms with Crippen LogP contribution in [0.3, 0.4) is 0 Å². The molecule has 1 aliphatic rings. The summed E-state index contributed by atoms with van der Waals surface area (Å²) in [5.74, 6) is 1.24. The minimum Gasteiger partial charge on any atom is -0.495 e. The van der Waals surface area contributed by atoms with Crippen LogP contribution in [0.4, 0.5) is 10.8 Å². The van der Waals surface area contributed by atoms with Gasteiger partial charge in [-0.15, -0.1) is 11.3 Å². The molecule has 1 saturated heterocycles.